The smallest absolute Gasteiger partial charge is 0.164 e. The van der Waals surface area contributed by atoms with E-state index in [-0.39, 0.29) is 0 Å². The Morgan fingerprint density at radius 1 is 0.435 bits per heavy atom. The highest BCUT2D eigenvalue weighted by atomic mass is 15.0. The number of aromatic nitrogens is 4. The van der Waals surface area contributed by atoms with Crippen LogP contribution in [0.1, 0.15) is 23.6 Å². The molecule has 0 radical (unpaired) electrons. The predicted octanol–water partition coefficient (Wildman–Crippen LogP) is 13.5. The Bertz CT molecular complexity index is 3350. The molecule has 10 aromatic rings. The summed E-state index contributed by atoms with van der Waals surface area (Å²) >= 11 is 0. The average molecular weight is 795 g/mol. The predicted molar refractivity (Wildman–Crippen MR) is 256 cm³/mol. The summed E-state index contributed by atoms with van der Waals surface area (Å²) in [6.07, 6.45) is 0. The van der Waals surface area contributed by atoms with Gasteiger partial charge < -0.3 is 4.57 Å². The van der Waals surface area contributed by atoms with Gasteiger partial charge in [-0.25, -0.2) is 24.9 Å². The Balaban J connectivity index is 1.11. The van der Waals surface area contributed by atoms with Crippen molar-refractivity contribution in [3.8, 4) is 62.1 Å². The van der Waals surface area contributed by atoms with Crippen LogP contribution in [0.3, 0.4) is 0 Å². The minimum Gasteiger partial charge on any atom is -0.308 e. The lowest BCUT2D eigenvalue weighted by atomic mass is 9.91. The molecule has 0 bridgehead atoms. The Morgan fingerprint density at radius 2 is 0.968 bits per heavy atom. The summed E-state index contributed by atoms with van der Waals surface area (Å²) in [6, 6.07) is 69.0. The molecule has 0 N–H and O–H groups in total. The fourth-order valence-corrected chi connectivity index (χ4v) is 8.53. The van der Waals surface area contributed by atoms with Gasteiger partial charge in [-0.1, -0.05) is 176 Å². The van der Waals surface area contributed by atoms with Crippen LogP contribution in [-0.4, -0.2) is 31.1 Å². The molecule has 2 aromatic heterocycles. The lowest BCUT2D eigenvalue weighted by Gasteiger charge is -2.15. The largest absolute Gasteiger partial charge is 0.308 e. The van der Waals surface area contributed by atoms with E-state index in [1.807, 2.05) is 121 Å². The first kappa shape index (κ1) is 36.7. The van der Waals surface area contributed by atoms with Gasteiger partial charge in [0, 0.05) is 49.9 Å². The summed E-state index contributed by atoms with van der Waals surface area (Å²) in [7, 11) is 0. The fraction of sp³-hybridized carbons (Fsp3) is 0.0179. The minimum absolute atomic E-state index is 0.606. The molecule has 0 atom stereocenters. The number of benzene rings is 8. The molecule has 0 fully saturated rings. The van der Waals surface area contributed by atoms with Crippen molar-refractivity contribution in [2.24, 2.45) is 9.98 Å². The number of fused-ring (bicyclic) bond motifs is 8. The van der Waals surface area contributed by atoms with Crippen LogP contribution in [-0.2, 0) is 0 Å². The van der Waals surface area contributed by atoms with E-state index >= 15 is 0 Å². The molecule has 0 unspecified atom stereocenters. The van der Waals surface area contributed by atoms with Crippen LogP contribution in [0.2, 0.25) is 0 Å². The Labute approximate surface area is 359 Å². The molecule has 62 heavy (non-hydrogen) atoms. The molecular weight excluding hydrogens is 757 g/mol. The van der Waals surface area contributed by atoms with Crippen molar-refractivity contribution in [2.45, 2.75) is 6.92 Å². The van der Waals surface area contributed by atoms with Gasteiger partial charge in [0.2, 0.25) is 0 Å². The molecule has 0 saturated carbocycles. The SMILES string of the molecule is C=C(/N=C(\N=C(/C)c1ccc2c(c1)-c1ccccc1-c1cc(-c3nc(-c4ccccc4)nc(-c4ccccc4)n3)cc3c4ccccc4n-2c13)c1ccccc1)c1ccccc1. The molecule has 11 rings (SSSR count). The summed E-state index contributed by atoms with van der Waals surface area (Å²) in [4.78, 5) is 25.5. The molecule has 1 aliphatic rings. The van der Waals surface area contributed by atoms with Gasteiger partial charge >= 0.3 is 0 Å². The Hall–Kier alpha value is -8.35. The minimum atomic E-state index is 0.606. The zero-order valence-corrected chi connectivity index (χ0v) is 33.9. The van der Waals surface area contributed by atoms with Crippen molar-refractivity contribution in [3.05, 3.63) is 223 Å². The van der Waals surface area contributed by atoms with Gasteiger partial charge in [0.15, 0.2) is 23.3 Å². The van der Waals surface area contributed by atoms with E-state index in [2.05, 4.69) is 96.9 Å². The lowest BCUT2D eigenvalue weighted by molar-refractivity contribution is 1.07. The maximum absolute atomic E-state index is 5.21. The molecule has 0 aliphatic carbocycles. The van der Waals surface area contributed by atoms with Crippen molar-refractivity contribution >= 4 is 39.1 Å². The first-order chi connectivity index (χ1) is 30.6. The molecule has 6 heteroatoms. The van der Waals surface area contributed by atoms with Gasteiger partial charge in [-0.15, -0.1) is 0 Å². The van der Waals surface area contributed by atoms with E-state index in [1.54, 1.807) is 0 Å². The lowest BCUT2D eigenvalue weighted by Crippen LogP contribution is -2.05. The highest BCUT2D eigenvalue weighted by Gasteiger charge is 2.26. The monoisotopic (exact) mass is 794 g/mol. The van der Waals surface area contributed by atoms with E-state index in [0.29, 0.717) is 29.0 Å². The van der Waals surface area contributed by atoms with Gasteiger partial charge in [-0.3, -0.25) is 0 Å². The van der Waals surface area contributed by atoms with Crippen LogP contribution in [0, 0.1) is 0 Å². The Kier molecular flexibility index (Phi) is 9.09. The van der Waals surface area contributed by atoms with Crippen LogP contribution in [0.15, 0.2) is 217 Å². The van der Waals surface area contributed by atoms with Crippen LogP contribution in [0.25, 0.3) is 89.6 Å². The summed E-state index contributed by atoms with van der Waals surface area (Å²) in [5, 5.41) is 2.28. The quantitative estimate of drug-likeness (QED) is 0.119. The summed E-state index contributed by atoms with van der Waals surface area (Å²) in [5.74, 6) is 2.48. The second-order valence-electron chi connectivity index (χ2n) is 15.4. The van der Waals surface area contributed by atoms with Crippen LogP contribution >= 0.6 is 0 Å². The van der Waals surface area contributed by atoms with Gasteiger partial charge in [-0.05, 0) is 59.5 Å². The topological polar surface area (TPSA) is 68.3 Å². The Morgan fingerprint density at radius 3 is 1.61 bits per heavy atom. The molecule has 0 amide bonds. The number of nitrogens with zero attached hydrogens (tertiary/aromatic N) is 6. The summed E-state index contributed by atoms with van der Waals surface area (Å²) in [5.41, 5.74) is 15.0. The van der Waals surface area contributed by atoms with E-state index in [1.165, 1.54) is 0 Å². The van der Waals surface area contributed by atoms with Crippen LogP contribution < -0.4 is 0 Å². The van der Waals surface area contributed by atoms with Gasteiger partial charge in [0.1, 0.15) is 0 Å². The third-order valence-corrected chi connectivity index (χ3v) is 11.5. The summed E-state index contributed by atoms with van der Waals surface area (Å²) < 4.78 is 2.42. The average Bonchev–Trinajstić information content (AvgIpc) is 3.62. The maximum Gasteiger partial charge on any atom is 0.164 e. The van der Waals surface area contributed by atoms with E-state index in [9.17, 15) is 0 Å². The number of hydrogen-bond acceptors (Lipinski definition) is 4. The highest BCUT2D eigenvalue weighted by molar-refractivity contribution is 6.18. The second-order valence-corrected chi connectivity index (χ2v) is 15.4. The third-order valence-electron chi connectivity index (χ3n) is 11.5. The number of amidine groups is 1. The van der Waals surface area contributed by atoms with Gasteiger partial charge in [0.25, 0.3) is 0 Å². The molecule has 8 aromatic carbocycles. The number of aliphatic imine (C=N–C) groups is 2. The molecule has 6 nitrogen and oxygen atoms in total. The summed E-state index contributed by atoms with van der Waals surface area (Å²) in [6.45, 7) is 6.37. The second kappa shape index (κ2) is 15.4. The zero-order valence-electron chi connectivity index (χ0n) is 33.9. The molecule has 0 saturated heterocycles. The van der Waals surface area contributed by atoms with Crippen LogP contribution in [0.4, 0.5) is 0 Å². The van der Waals surface area contributed by atoms with Crippen LogP contribution in [0.5, 0.6) is 0 Å². The van der Waals surface area contributed by atoms with Crippen molar-refractivity contribution in [3.63, 3.8) is 0 Å². The molecule has 1 aliphatic heterocycles. The molecule has 0 spiro atoms. The maximum atomic E-state index is 5.21. The van der Waals surface area contributed by atoms with Crippen molar-refractivity contribution in [1.82, 2.24) is 19.5 Å². The first-order valence-electron chi connectivity index (χ1n) is 20.7. The molecule has 292 valence electrons. The third kappa shape index (κ3) is 6.51. The first-order valence-corrected chi connectivity index (χ1v) is 20.7. The van der Waals surface area contributed by atoms with Gasteiger partial charge in [0.05, 0.1) is 22.4 Å². The normalized spacial score (nSPS) is 12.2. The zero-order chi connectivity index (χ0) is 41.6. The number of para-hydroxylation sites is 1. The van der Waals surface area contributed by atoms with Crippen molar-refractivity contribution < 1.29 is 0 Å². The van der Waals surface area contributed by atoms with Gasteiger partial charge in [-0.2, -0.15) is 0 Å². The standard InChI is InChI=1S/C56H38N6/c1-36(38-19-7-3-8-20-38)57-53(39-21-9-4-10-22-39)58-37(2)42-31-32-51-47(33-42)44-27-15-16-28-45(44)48-34-43(35-49-46-29-17-18-30-50(46)62(51)52(48)49)56-60-54(40-23-11-5-12-24-40)59-55(61-56)41-25-13-6-14-26-41/h3-35H,1H2,2H3/b57-53-,58-37+. The highest BCUT2D eigenvalue weighted by Crippen LogP contribution is 2.48. The van der Waals surface area contributed by atoms with Crippen molar-refractivity contribution in [1.29, 1.82) is 0 Å². The number of hydrogen-bond donors (Lipinski definition) is 0. The molecule has 3 heterocycles. The van der Waals surface area contributed by atoms with E-state index < -0.39 is 0 Å². The molecular formula is C56H38N6. The van der Waals surface area contributed by atoms with E-state index in [0.717, 1.165) is 88.8 Å². The number of rotatable bonds is 7. The fourth-order valence-electron chi connectivity index (χ4n) is 8.53. The van der Waals surface area contributed by atoms with E-state index in [4.69, 9.17) is 24.9 Å². The van der Waals surface area contributed by atoms with Crippen molar-refractivity contribution in [2.75, 3.05) is 0 Å².